The van der Waals surface area contributed by atoms with Gasteiger partial charge in [0.1, 0.15) is 5.72 Å². The first-order valence-electron chi connectivity index (χ1n) is 11.6. The first kappa shape index (κ1) is 74.1. The summed E-state index contributed by atoms with van der Waals surface area (Å²) in [6.07, 6.45) is 4.25. The molecule has 0 radical (unpaired) electrons. The van der Waals surface area contributed by atoms with E-state index in [1.54, 1.807) is 26.8 Å². The van der Waals surface area contributed by atoms with Crippen molar-refractivity contribution in [1.82, 2.24) is 9.80 Å². The molecule has 0 spiro atoms. The quantitative estimate of drug-likeness (QED) is 0.0753. The summed E-state index contributed by atoms with van der Waals surface area (Å²) in [6.45, 7) is 11.6. The molecule has 0 bridgehead atoms. The van der Waals surface area contributed by atoms with Crippen molar-refractivity contribution in [3.05, 3.63) is 80.2 Å². The average Bonchev–Trinajstić information content (AvgIpc) is 2.84. The van der Waals surface area contributed by atoms with E-state index in [2.05, 4.69) is 84.7 Å². The van der Waals surface area contributed by atoms with Crippen LogP contribution in [0.2, 0.25) is 0 Å². The van der Waals surface area contributed by atoms with E-state index in [0.29, 0.717) is -0.565 Å². The Kier molecular flexibility index (Phi) is 133. The number of rotatable bonds is 2. The van der Waals surface area contributed by atoms with Gasteiger partial charge in [-0.05, 0) is 13.8 Å². The zero-order valence-electron chi connectivity index (χ0n) is 27.1. The summed E-state index contributed by atoms with van der Waals surface area (Å²) < 4.78 is 0.410. The fraction of sp³-hybridized carbons (Fsp3) is 0.448. The Balaban J connectivity index is -0.0000000281. The molecular formula is C29H54I3N4OW4-. The molecule has 242 valence electrons. The Hall–Kier alpha value is 1.99. The zero-order chi connectivity index (χ0) is 29.7. The number of carbonyl (C=O) groups excluding carboxylic acids is 1. The molecule has 0 amide bonds. The predicted molar refractivity (Wildman–Crippen MR) is 200 cm³/mol. The molecule has 2 aromatic carbocycles. The predicted octanol–water partition coefficient (Wildman–Crippen LogP) is 9.45. The third-order valence-corrected chi connectivity index (χ3v) is 2.03. The van der Waals surface area contributed by atoms with Crippen molar-refractivity contribution in [1.29, 1.82) is 0 Å². The first-order valence-corrected chi connectivity index (χ1v) is 14.8. The number of benzene rings is 2. The van der Waals surface area contributed by atoms with Gasteiger partial charge in [-0.3, -0.25) is 9.98 Å². The summed E-state index contributed by atoms with van der Waals surface area (Å²) in [6, 6.07) is 24.0. The standard InChI is InChI=1S/2C6H6.2C4H10N2.C2H3I3.C2H4O.2C2H6.CH3.4W/c2*1-2-4-6-5-3-1;2*1-5-4-6(2)3;1-2(3,4)5;1-2-3;2*1-2;;;;;/h2*1-6H;2*4H,1-3H3;1H3;2H,1H3;2*1-2H3;1H3;;;;/q;;;;;;;;-1;;;;. The Bertz CT molecular complexity index is 532. The van der Waals surface area contributed by atoms with Crippen LogP contribution in [0.5, 0.6) is 0 Å². The van der Waals surface area contributed by atoms with Crippen molar-refractivity contribution in [3.8, 4) is 0 Å². The summed E-state index contributed by atoms with van der Waals surface area (Å²) in [5, 5.41) is 0. The summed E-state index contributed by atoms with van der Waals surface area (Å²) in [7, 11) is 11.2. The van der Waals surface area contributed by atoms with Gasteiger partial charge in [-0.25, -0.2) is 0 Å². The molecule has 12 heteroatoms. The van der Waals surface area contributed by atoms with Crippen molar-refractivity contribution in [2.75, 3.05) is 42.3 Å². The second kappa shape index (κ2) is 73.5. The van der Waals surface area contributed by atoms with E-state index in [9.17, 15) is 0 Å². The minimum Gasteiger partial charge on any atom is -0.369 e. The van der Waals surface area contributed by atoms with E-state index in [1.807, 2.05) is 138 Å². The van der Waals surface area contributed by atoms with Crippen molar-refractivity contribution in [3.63, 3.8) is 0 Å². The molecule has 0 saturated heterocycles. The van der Waals surface area contributed by atoms with Gasteiger partial charge in [-0.2, -0.15) is 0 Å². The molecule has 0 aliphatic rings. The van der Waals surface area contributed by atoms with Crippen molar-refractivity contribution >= 4 is 86.7 Å². The summed E-state index contributed by atoms with van der Waals surface area (Å²) in [5.41, 5.74) is 0. The van der Waals surface area contributed by atoms with Gasteiger partial charge in [0.15, 0.2) is 0 Å². The van der Waals surface area contributed by atoms with Gasteiger partial charge in [0.2, 0.25) is 0 Å². The molecule has 2 aromatic rings. The normalized spacial score (nSPS) is 7.29. The fourth-order valence-corrected chi connectivity index (χ4v) is 1.23. The molecule has 2 rings (SSSR count). The van der Waals surface area contributed by atoms with E-state index in [-0.39, 0.29) is 91.7 Å². The van der Waals surface area contributed by atoms with Crippen LogP contribution in [0.3, 0.4) is 0 Å². The second-order valence-electron chi connectivity index (χ2n) is 6.00. The van der Waals surface area contributed by atoms with Crippen LogP contribution in [0.15, 0.2) is 82.8 Å². The van der Waals surface area contributed by atoms with Gasteiger partial charge in [0, 0.05) is 127 Å². The van der Waals surface area contributed by atoms with Crippen LogP contribution < -0.4 is 0 Å². The maximum absolute atomic E-state index is 8.81. The third-order valence-electron chi connectivity index (χ3n) is 2.03. The molecule has 0 N–H and O–H groups in total. The van der Waals surface area contributed by atoms with E-state index in [4.69, 9.17) is 4.79 Å². The summed E-state index contributed by atoms with van der Waals surface area (Å²) >= 11 is 7.05. The molecular weight excluding hydrogens is 1540 g/mol. The Morgan fingerprint density at radius 3 is 0.683 bits per heavy atom. The van der Waals surface area contributed by atoms with Crippen LogP contribution in [0.1, 0.15) is 41.5 Å². The molecule has 0 aliphatic carbocycles. The molecule has 41 heavy (non-hydrogen) atoms. The summed E-state index contributed by atoms with van der Waals surface area (Å²) in [4.78, 5) is 20.1. The summed E-state index contributed by atoms with van der Waals surface area (Å²) in [5.74, 6) is 0. The number of alkyl halides is 3. The van der Waals surface area contributed by atoms with Crippen LogP contribution in [-0.4, -0.2) is 70.5 Å². The van der Waals surface area contributed by atoms with E-state index in [1.165, 1.54) is 6.92 Å². The minimum atomic E-state index is 0. The molecule has 0 saturated carbocycles. The van der Waals surface area contributed by atoms with Crippen LogP contribution in [0.4, 0.5) is 0 Å². The zero-order valence-corrected chi connectivity index (χ0v) is 45.3. The molecule has 0 unspecified atom stereocenters. The fourth-order valence-electron chi connectivity index (χ4n) is 1.23. The molecule has 0 aliphatic heterocycles. The van der Waals surface area contributed by atoms with E-state index >= 15 is 0 Å². The molecule has 0 atom stereocenters. The maximum atomic E-state index is 8.81. The number of aliphatic imine (C=N–C) groups is 2. The molecule has 5 nitrogen and oxygen atoms in total. The first-order chi connectivity index (χ1) is 17.0. The van der Waals surface area contributed by atoms with Gasteiger partial charge in [-0.15, -0.1) is 0 Å². The molecule has 0 aromatic heterocycles. The smallest absolute Gasteiger partial charge is 0.121 e. The number of aldehydes is 1. The molecule has 0 fully saturated rings. The third kappa shape index (κ3) is 168. The van der Waals surface area contributed by atoms with E-state index < -0.39 is 0 Å². The monoisotopic (exact) mass is 1590 g/mol. The Morgan fingerprint density at radius 2 is 0.659 bits per heavy atom. The average molecular weight is 1590 g/mol. The van der Waals surface area contributed by atoms with Crippen molar-refractivity contribution < 1.29 is 89.1 Å². The topological polar surface area (TPSA) is 48.3 Å². The van der Waals surface area contributed by atoms with E-state index in [0.717, 1.165) is 6.29 Å². The van der Waals surface area contributed by atoms with Crippen LogP contribution in [0.25, 0.3) is 0 Å². The van der Waals surface area contributed by atoms with Crippen LogP contribution in [-0.2, 0) is 89.1 Å². The van der Waals surface area contributed by atoms with Crippen molar-refractivity contribution in [2.45, 2.75) is 41.0 Å². The van der Waals surface area contributed by atoms with Gasteiger partial charge in [0.25, 0.3) is 0 Å². The Labute approximate surface area is 354 Å². The number of hydrogen-bond donors (Lipinski definition) is 0. The number of carbonyl (C=O) groups is 1. The van der Waals surface area contributed by atoms with Crippen LogP contribution >= 0.6 is 67.8 Å². The number of nitrogens with zero attached hydrogens (tertiary/aromatic N) is 4. The Morgan fingerprint density at radius 1 is 0.561 bits per heavy atom. The minimum absolute atomic E-state index is 0. The SMILES string of the molecule is CC.CC.CC(I)(I)I.CC=O.CN=CN(C)C.CN=CN(C)C.[CH3-].[W].[W].[W].[W].c1ccccc1.c1ccccc1. The maximum Gasteiger partial charge on any atom is 0.121 e. The van der Waals surface area contributed by atoms with Gasteiger partial charge in [-0.1, -0.05) is 168 Å². The van der Waals surface area contributed by atoms with Gasteiger partial charge in [0.05, 0.1) is 12.7 Å². The number of halogens is 3. The second-order valence-corrected chi connectivity index (χ2v) is 18.7. The van der Waals surface area contributed by atoms with Gasteiger partial charge >= 0.3 is 0 Å². The van der Waals surface area contributed by atoms with Crippen LogP contribution in [0, 0.1) is 7.43 Å². The largest absolute Gasteiger partial charge is 0.369 e. The van der Waals surface area contributed by atoms with Crippen molar-refractivity contribution in [2.24, 2.45) is 9.98 Å². The molecule has 0 heterocycles. The number of hydrogen-bond acceptors (Lipinski definition) is 3. The van der Waals surface area contributed by atoms with Gasteiger partial charge < -0.3 is 22.0 Å².